The van der Waals surface area contributed by atoms with Crippen LogP contribution in [0.3, 0.4) is 0 Å². The number of aromatic nitrogens is 4. The number of benzene rings is 1. The maximum Gasteiger partial charge on any atom is 0.162 e. The van der Waals surface area contributed by atoms with Crippen LogP contribution < -0.4 is 5.73 Å². The van der Waals surface area contributed by atoms with Gasteiger partial charge < -0.3 is 15.4 Å². The summed E-state index contributed by atoms with van der Waals surface area (Å²) in [6.45, 7) is 4.99. The number of likely N-dealkylation sites (tertiary alicyclic amines) is 1. The minimum Gasteiger partial charge on any atom is -0.383 e. The molecule has 8 nitrogen and oxygen atoms in total. The van der Waals surface area contributed by atoms with Crippen LogP contribution in [0.1, 0.15) is 17.7 Å². The zero-order valence-electron chi connectivity index (χ0n) is 18.5. The lowest BCUT2D eigenvalue weighted by Gasteiger charge is -2.36. The van der Waals surface area contributed by atoms with Gasteiger partial charge >= 0.3 is 0 Å². The Balaban J connectivity index is 1.33. The topological polar surface area (TPSA) is 96.2 Å². The molecule has 0 bridgehead atoms. The molecule has 4 heterocycles. The van der Waals surface area contributed by atoms with E-state index in [4.69, 9.17) is 15.5 Å². The van der Waals surface area contributed by atoms with Crippen LogP contribution in [0.2, 0.25) is 0 Å². The molecule has 32 heavy (non-hydrogen) atoms. The molecule has 0 saturated carbocycles. The first-order valence-electron chi connectivity index (χ1n) is 11.0. The van der Waals surface area contributed by atoms with Gasteiger partial charge in [-0.3, -0.25) is 10.00 Å². The van der Waals surface area contributed by atoms with E-state index in [1.54, 1.807) is 18.4 Å². The zero-order chi connectivity index (χ0) is 22.1. The van der Waals surface area contributed by atoms with Crippen molar-refractivity contribution in [3.05, 3.63) is 35.3 Å². The van der Waals surface area contributed by atoms with Gasteiger partial charge in [-0.1, -0.05) is 12.1 Å². The van der Waals surface area contributed by atoms with Gasteiger partial charge in [0, 0.05) is 42.1 Å². The molecule has 1 fully saturated rings. The molecular formula is C23H29N7OS. The molecule has 0 spiro atoms. The van der Waals surface area contributed by atoms with E-state index in [9.17, 15) is 0 Å². The number of fused-ring (bicyclic) bond motifs is 2. The van der Waals surface area contributed by atoms with E-state index in [0.29, 0.717) is 17.7 Å². The van der Waals surface area contributed by atoms with Crippen LogP contribution in [0.5, 0.6) is 0 Å². The number of rotatable bonds is 7. The van der Waals surface area contributed by atoms with Gasteiger partial charge in [-0.2, -0.15) is 5.10 Å². The minimum atomic E-state index is 0.538. The molecule has 0 atom stereocenters. The Morgan fingerprint density at radius 1 is 1.28 bits per heavy atom. The quantitative estimate of drug-likeness (QED) is 0.445. The van der Waals surface area contributed by atoms with E-state index in [2.05, 4.69) is 38.1 Å². The third-order valence-electron chi connectivity index (χ3n) is 6.37. The predicted octanol–water partition coefficient (Wildman–Crippen LogP) is 3.36. The Labute approximate surface area is 191 Å². The van der Waals surface area contributed by atoms with Crippen molar-refractivity contribution in [2.75, 3.05) is 46.1 Å². The van der Waals surface area contributed by atoms with E-state index >= 15 is 0 Å². The monoisotopic (exact) mass is 451 g/mol. The number of aromatic amines is 1. The molecule has 3 aromatic heterocycles. The van der Waals surface area contributed by atoms with Gasteiger partial charge in [-0.25, -0.2) is 9.97 Å². The first-order chi connectivity index (χ1) is 15.6. The van der Waals surface area contributed by atoms with Gasteiger partial charge in [0.15, 0.2) is 5.82 Å². The zero-order valence-corrected chi connectivity index (χ0v) is 19.4. The normalized spacial score (nSPS) is 16.0. The van der Waals surface area contributed by atoms with Crippen molar-refractivity contribution < 1.29 is 4.74 Å². The highest BCUT2D eigenvalue weighted by atomic mass is 32.1. The van der Waals surface area contributed by atoms with Crippen molar-refractivity contribution in [1.29, 1.82) is 0 Å². The molecule has 5 rings (SSSR count). The van der Waals surface area contributed by atoms with Crippen molar-refractivity contribution in [3.63, 3.8) is 0 Å². The molecule has 0 unspecified atom stereocenters. The smallest absolute Gasteiger partial charge is 0.162 e. The summed E-state index contributed by atoms with van der Waals surface area (Å²) in [5, 5.41) is 8.15. The molecule has 1 aliphatic heterocycles. The molecule has 1 aromatic carbocycles. The average molecular weight is 452 g/mol. The number of ether oxygens (including phenoxy) is 1. The van der Waals surface area contributed by atoms with Gasteiger partial charge in [-0.15, -0.1) is 11.3 Å². The van der Waals surface area contributed by atoms with Gasteiger partial charge in [0.05, 0.1) is 28.5 Å². The fraction of sp³-hybridized carbons (Fsp3) is 0.435. The highest BCUT2D eigenvalue weighted by molar-refractivity contribution is 7.19. The summed E-state index contributed by atoms with van der Waals surface area (Å²) in [6.07, 6.45) is 4.18. The first-order valence-corrected chi connectivity index (χ1v) is 11.8. The van der Waals surface area contributed by atoms with Crippen LogP contribution in [-0.4, -0.2) is 76.4 Å². The first kappa shape index (κ1) is 21.3. The number of hydrogen-bond acceptors (Lipinski definition) is 8. The molecule has 9 heteroatoms. The van der Waals surface area contributed by atoms with Gasteiger partial charge in [0.2, 0.25) is 0 Å². The molecule has 4 aromatic rings. The summed E-state index contributed by atoms with van der Waals surface area (Å²) in [5.74, 6) is 1.18. The van der Waals surface area contributed by atoms with Gasteiger partial charge in [0.1, 0.15) is 5.82 Å². The van der Waals surface area contributed by atoms with Gasteiger partial charge in [0.25, 0.3) is 0 Å². The number of nitrogen functional groups attached to an aromatic ring is 1. The fourth-order valence-corrected chi connectivity index (χ4v) is 5.60. The second-order valence-electron chi connectivity index (χ2n) is 8.48. The van der Waals surface area contributed by atoms with E-state index in [-0.39, 0.29) is 0 Å². The van der Waals surface area contributed by atoms with Crippen molar-refractivity contribution in [3.8, 4) is 11.4 Å². The summed E-state index contributed by atoms with van der Waals surface area (Å²) < 4.78 is 6.18. The predicted molar refractivity (Wildman–Crippen MR) is 130 cm³/mol. The molecule has 0 aliphatic carbocycles. The van der Waals surface area contributed by atoms with Gasteiger partial charge in [-0.05, 0) is 45.1 Å². The maximum absolute atomic E-state index is 6.36. The molecule has 0 amide bonds. The SMILES string of the molecule is COCCN1CCC(N(C)Cc2cc3nc(-c4cccc5[nH]ncc45)nc(N)c3s2)CC1. The molecule has 0 radical (unpaired) electrons. The standard InChI is InChI=1S/C23H29N7OS/c1-29(15-6-8-30(9-7-15)10-11-31-2)14-16-12-20-21(32-16)22(24)27-23(26-20)17-4-3-5-19-18(17)13-25-28-19/h3-5,12-13,15H,6-11,14H2,1-2H3,(H,25,28)(H2,24,26,27). The van der Waals surface area contributed by atoms with Crippen LogP contribution >= 0.6 is 11.3 Å². The van der Waals surface area contributed by atoms with E-state index in [1.807, 2.05) is 24.4 Å². The van der Waals surface area contributed by atoms with E-state index in [1.165, 1.54) is 17.7 Å². The largest absolute Gasteiger partial charge is 0.383 e. The van der Waals surface area contributed by atoms with Crippen LogP contribution in [0.15, 0.2) is 30.5 Å². The third-order valence-corrected chi connectivity index (χ3v) is 7.50. The lowest BCUT2D eigenvalue weighted by atomic mass is 10.0. The highest BCUT2D eigenvalue weighted by Gasteiger charge is 2.23. The number of anilines is 1. The van der Waals surface area contributed by atoms with Crippen molar-refractivity contribution in [2.24, 2.45) is 0 Å². The Hall–Kier alpha value is -2.59. The van der Waals surface area contributed by atoms with Crippen molar-refractivity contribution in [1.82, 2.24) is 30.0 Å². The second-order valence-corrected chi connectivity index (χ2v) is 9.61. The third kappa shape index (κ3) is 4.21. The highest BCUT2D eigenvalue weighted by Crippen LogP contribution is 2.33. The minimum absolute atomic E-state index is 0.538. The number of nitrogens with two attached hydrogens (primary N) is 1. The Kier molecular flexibility index (Phi) is 6.05. The summed E-state index contributed by atoms with van der Waals surface area (Å²) in [4.78, 5) is 15.7. The molecular weight excluding hydrogens is 422 g/mol. The van der Waals surface area contributed by atoms with Crippen LogP contribution in [0.25, 0.3) is 32.5 Å². The number of hydrogen-bond donors (Lipinski definition) is 2. The number of methoxy groups -OCH3 is 1. The molecule has 1 aliphatic rings. The maximum atomic E-state index is 6.36. The summed E-state index contributed by atoms with van der Waals surface area (Å²) >= 11 is 1.70. The van der Waals surface area contributed by atoms with Crippen LogP contribution in [-0.2, 0) is 11.3 Å². The lowest BCUT2D eigenvalue weighted by Crippen LogP contribution is -2.43. The summed E-state index contributed by atoms with van der Waals surface area (Å²) in [7, 11) is 3.99. The number of piperidine rings is 1. The molecule has 168 valence electrons. The van der Waals surface area contributed by atoms with Crippen molar-refractivity contribution in [2.45, 2.75) is 25.4 Å². The number of thiophene rings is 1. The van der Waals surface area contributed by atoms with Crippen LogP contribution in [0, 0.1) is 0 Å². The molecule has 1 saturated heterocycles. The molecule has 3 N–H and O–H groups in total. The number of H-pyrrole nitrogens is 1. The second kappa shape index (κ2) is 9.11. The summed E-state index contributed by atoms with van der Waals surface area (Å²) in [6, 6.07) is 8.75. The average Bonchev–Trinajstić information content (AvgIpc) is 3.44. The van der Waals surface area contributed by atoms with E-state index in [0.717, 1.165) is 59.5 Å². The Morgan fingerprint density at radius 3 is 2.94 bits per heavy atom. The Bertz CT molecular complexity index is 1210. The Morgan fingerprint density at radius 2 is 2.12 bits per heavy atom. The lowest BCUT2D eigenvalue weighted by molar-refractivity contribution is 0.0953. The summed E-state index contributed by atoms with van der Waals surface area (Å²) in [5.41, 5.74) is 9.18. The fourth-order valence-electron chi connectivity index (χ4n) is 4.54. The van der Waals surface area contributed by atoms with Crippen molar-refractivity contribution >= 4 is 38.3 Å². The van der Waals surface area contributed by atoms with Crippen LogP contribution in [0.4, 0.5) is 5.82 Å². The van der Waals surface area contributed by atoms with E-state index < -0.39 is 0 Å². The number of nitrogens with one attached hydrogen (secondary N) is 1. The number of nitrogens with zero attached hydrogens (tertiary/aromatic N) is 5.